The van der Waals surface area contributed by atoms with Crippen LogP contribution in [-0.4, -0.2) is 38.5 Å². The van der Waals surface area contributed by atoms with E-state index in [4.69, 9.17) is 28.7 Å². The first-order valence-corrected chi connectivity index (χ1v) is 15.5. The number of nitrogens with zero attached hydrogens (tertiary/aromatic N) is 2. The number of carbonyl (C=O) groups excluding carboxylic acids is 1. The third kappa shape index (κ3) is 6.81. The van der Waals surface area contributed by atoms with Crippen molar-refractivity contribution in [2.24, 2.45) is 4.99 Å². The zero-order valence-corrected chi connectivity index (χ0v) is 26.8. The Balaban J connectivity index is 1.55. The van der Waals surface area contributed by atoms with Crippen molar-refractivity contribution in [2.75, 3.05) is 27.9 Å². The van der Waals surface area contributed by atoms with E-state index in [0.29, 0.717) is 56.4 Å². The molecule has 0 radical (unpaired) electrons. The smallest absolute Gasteiger partial charge is 0.338 e. The van der Waals surface area contributed by atoms with Crippen molar-refractivity contribution in [3.63, 3.8) is 0 Å². The summed E-state index contributed by atoms with van der Waals surface area (Å²) in [4.78, 5) is 32.9. The van der Waals surface area contributed by atoms with E-state index in [0.717, 1.165) is 23.3 Å². The van der Waals surface area contributed by atoms with Crippen molar-refractivity contribution in [1.82, 2.24) is 4.57 Å². The van der Waals surface area contributed by atoms with E-state index in [9.17, 15) is 9.59 Å². The molecule has 1 aliphatic rings. The van der Waals surface area contributed by atoms with Crippen LogP contribution in [0.5, 0.6) is 23.0 Å². The molecule has 234 valence electrons. The molecule has 10 heteroatoms. The second kappa shape index (κ2) is 14.3. The zero-order chi connectivity index (χ0) is 31.9. The topological polar surface area (TPSA) is 97.6 Å². The van der Waals surface area contributed by atoms with Gasteiger partial charge in [0.15, 0.2) is 4.80 Å². The summed E-state index contributed by atoms with van der Waals surface area (Å²) in [6.45, 7) is 4.38. The average molecular weight is 629 g/mol. The summed E-state index contributed by atoms with van der Waals surface area (Å²) in [6.07, 6.45) is 3.12. The number of ether oxygens (including phenoxy) is 5. The number of esters is 1. The molecule has 4 aromatic rings. The van der Waals surface area contributed by atoms with Gasteiger partial charge in [-0.3, -0.25) is 9.36 Å². The molecule has 0 saturated heterocycles. The van der Waals surface area contributed by atoms with Gasteiger partial charge in [0.25, 0.3) is 5.56 Å². The summed E-state index contributed by atoms with van der Waals surface area (Å²) < 4.78 is 29.9. The molecule has 0 spiro atoms. The number of aromatic nitrogens is 1. The Morgan fingerprint density at radius 3 is 2.24 bits per heavy atom. The Labute approximate surface area is 265 Å². The number of hydrogen-bond acceptors (Lipinski definition) is 9. The second-order valence-electron chi connectivity index (χ2n) is 10.2. The molecule has 1 aromatic heterocycles. The highest BCUT2D eigenvalue weighted by molar-refractivity contribution is 7.07. The van der Waals surface area contributed by atoms with E-state index in [1.54, 1.807) is 51.0 Å². The van der Waals surface area contributed by atoms with Gasteiger partial charge < -0.3 is 23.7 Å². The van der Waals surface area contributed by atoms with Gasteiger partial charge >= 0.3 is 5.97 Å². The van der Waals surface area contributed by atoms with E-state index in [-0.39, 0.29) is 12.2 Å². The number of fused-ring (bicyclic) bond motifs is 1. The highest BCUT2D eigenvalue weighted by Gasteiger charge is 2.36. The van der Waals surface area contributed by atoms with Crippen LogP contribution in [0, 0.1) is 0 Å². The lowest BCUT2D eigenvalue weighted by Gasteiger charge is -2.27. The zero-order valence-electron chi connectivity index (χ0n) is 26.0. The van der Waals surface area contributed by atoms with E-state index in [1.807, 2.05) is 61.5 Å². The summed E-state index contributed by atoms with van der Waals surface area (Å²) >= 11 is 1.28. The minimum atomic E-state index is -0.817. The van der Waals surface area contributed by atoms with Gasteiger partial charge in [0, 0.05) is 5.56 Å². The third-order valence-electron chi connectivity index (χ3n) is 7.37. The van der Waals surface area contributed by atoms with Gasteiger partial charge in [-0.15, -0.1) is 0 Å². The highest BCUT2D eigenvalue weighted by atomic mass is 32.1. The SMILES string of the molecule is CCCC1=C(C(=O)OCC)[C@@H](c2cc(OC)ccc2OC)n2c(s/c(=C\c3ccc(OCc4ccc(OC)cc4)cc3)c2=O)=N1. The van der Waals surface area contributed by atoms with Gasteiger partial charge in [0.1, 0.15) is 35.6 Å². The molecule has 9 nitrogen and oxygen atoms in total. The molecule has 0 saturated carbocycles. The lowest BCUT2D eigenvalue weighted by molar-refractivity contribution is -0.139. The fraction of sp³-hybridized carbons (Fsp3) is 0.286. The van der Waals surface area contributed by atoms with E-state index < -0.39 is 12.0 Å². The second-order valence-corrected chi connectivity index (χ2v) is 11.2. The van der Waals surface area contributed by atoms with Gasteiger partial charge in [0.05, 0.1) is 43.7 Å². The van der Waals surface area contributed by atoms with Crippen LogP contribution in [0.4, 0.5) is 0 Å². The quantitative estimate of drug-likeness (QED) is 0.200. The summed E-state index contributed by atoms with van der Waals surface area (Å²) in [5.74, 6) is 2.07. The third-order valence-corrected chi connectivity index (χ3v) is 8.35. The number of hydrogen-bond donors (Lipinski definition) is 0. The molecule has 0 bridgehead atoms. The molecule has 5 rings (SSSR count). The predicted molar refractivity (Wildman–Crippen MR) is 173 cm³/mol. The lowest BCUT2D eigenvalue weighted by atomic mass is 9.93. The highest BCUT2D eigenvalue weighted by Crippen LogP contribution is 2.38. The van der Waals surface area contributed by atoms with Gasteiger partial charge in [-0.05, 0) is 73.0 Å². The molecule has 0 unspecified atom stereocenters. The van der Waals surface area contributed by atoms with Crippen LogP contribution in [0.3, 0.4) is 0 Å². The van der Waals surface area contributed by atoms with Crippen molar-refractivity contribution in [2.45, 2.75) is 39.3 Å². The maximum Gasteiger partial charge on any atom is 0.338 e. The van der Waals surface area contributed by atoms with Crippen LogP contribution in [0.25, 0.3) is 6.08 Å². The number of thiazole rings is 1. The molecule has 0 aliphatic carbocycles. The molecule has 0 amide bonds. The Morgan fingerprint density at radius 1 is 0.911 bits per heavy atom. The molecule has 45 heavy (non-hydrogen) atoms. The predicted octanol–water partition coefficient (Wildman–Crippen LogP) is 5.18. The molecular formula is C35H36N2O7S. The minimum absolute atomic E-state index is 0.188. The van der Waals surface area contributed by atoms with Crippen molar-refractivity contribution < 1.29 is 28.5 Å². The average Bonchev–Trinajstić information content (AvgIpc) is 3.37. The van der Waals surface area contributed by atoms with Crippen molar-refractivity contribution in [1.29, 1.82) is 0 Å². The van der Waals surface area contributed by atoms with E-state index in [2.05, 4.69) is 0 Å². The number of rotatable bonds is 12. The lowest BCUT2D eigenvalue weighted by Crippen LogP contribution is -2.40. The maximum atomic E-state index is 14.1. The molecule has 1 atom stereocenters. The number of benzene rings is 3. The number of methoxy groups -OCH3 is 3. The summed E-state index contributed by atoms with van der Waals surface area (Å²) in [6, 6.07) is 19.8. The van der Waals surface area contributed by atoms with Crippen LogP contribution in [-0.2, 0) is 16.1 Å². The van der Waals surface area contributed by atoms with Crippen molar-refractivity contribution in [3.8, 4) is 23.0 Å². The molecule has 2 heterocycles. The number of allylic oxidation sites excluding steroid dienone is 1. The molecule has 0 N–H and O–H groups in total. The fourth-order valence-corrected chi connectivity index (χ4v) is 6.19. The van der Waals surface area contributed by atoms with E-state index >= 15 is 0 Å². The first kappa shape index (κ1) is 31.6. The van der Waals surface area contributed by atoms with Crippen LogP contribution < -0.4 is 33.8 Å². The van der Waals surface area contributed by atoms with Gasteiger partial charge in [-0.1, -0.05) is 48.9 Å². The Morgan fingerprint density at radius 2 is 1.60 bits per heavy atom. The largest absolute Gasteiger partial charge is 0.497 e. The van der Waals surface area contributed by atoms with E-state index in [1.165, 1.54) is 11.3 Å². The van der Waals surface area contributed by atoms with Gasteiger partial charge in [-0.25, -0.2) is 9.79 Å². The molecule has 0 fully saturated rings. The first-order valence-electron chi connectivity index (χ1n) is 14.7. The molecular weight excluding hydrogens is 592 g/mol. The summed E-state index contributed by atoms with van der Waals surface area (Å²) in [7, 11) is 4.76. The molecule has 3 aromatic carbocycles. The van der Waals surface area contributed by atoms with Crippen LogP contribution in [0.2, 0.25) is 0 Å². The van der Waals surface area contributed by atoms with Crippen molar-refractivity contribution >= 4 is 23.4 Å². The van der Waals surface area contributed by atoms with Crippen molar-refractivity contribution in [3.05, 3.63) is 114 Å². The Hall–Kier alpha value is -4.83. The fourth-order valence-electron chi connectivity index (χ4n) is 5.17. The normalized spacial score (nSPS) is 14.4. The first-order chi connectivity index (χ1) is 21.9. The Bertz CT molecular complexity index is 1870. The maximum absolute atomic E-state index is 14.1. The summed E-state index contributed by atoms with van der Waals surface area (Å²) in [5, 5.41) is 0. The Kier molecular flexibility index (Phi) is 10.0. The standard InChI is InChI=1S/C35H36N2O7S/c1-6-8-28-31(34(39)43-7-2)32(27-20-26(41-4)17-18-29(27)42-5)37-33(38)30(45-35(37)36-28)19-22-9-15-25(16-10-22)44-21-23-11-13-24(40-3)14-12-23/h9-20,32H,6-8,21H2,1-5H3/b30-19-/t32-/m1/s1. The summed E-state index contributed by atoms with van der Waals surface area (Å²) in [5.41, 5.74) is 3.10. The monoisotopic (exact) mass is 628 g/mol. The number of carbonyl (C=O) groups is 1. The van der Waals surface area contributed by atoms with Crippen LogP contribution in [0.15, 0.2) is 87.8 Å². The molecule has 1 aliphatic heterocycles. The minimum Gasteiger partial charge on any atom is -0.497 e. The van der Waals surface area contributed by atoms with Crippen LogP contribution >= 0.6 is 11.3 Å². The van der Waals surface area contributed by atoms with Gasteiger partial charge in [0.2, 0.25) is 0 Å². The van der Waals surface area contributed by atoms with Crippen LogP contribution in [0.1, 0.15) is 49.4 Å². The van der Waals surface area contributed by atoms with Gasteiger partial charge in [-0.2, -0.15) is 0 Å².